The minimum atomic E-state index is -0.391. The van der Waals surface area contributed by atoms with E-state index in [0.717, 1.165) is 19.0 Å². The molecule has 0 unspecified atom stereocenters. The van der Waals surface area contributed by atoms with E-state index in [9.17, 15) is 4.79 Å². The summed E-state index contributed by atoms with van der Waals surface area (Å²) in [6.07, 6.45) is 5.31. The van der Waals surface area contributed by atoms with Gasteiger partial charge in [0.05, 0.1) is 12.5 Å². The van der Waals surface area contributed by atoms with E-state index >= 15 is 0 Å². The average molecular weight is 273 g/mol. The predicted molar refractivity (Wildman–Crippen MR) is 73.9 cm³/mol. The molecule has 1 N–H and O–H groups in total. The highest BCUT2D eigenvalue weighted by Crippen LogP contribution is 2.21. The van der Waals surface area contributed by atoms with E-state index < -0.39 is 5.91 Å². The summed E-state index contributed by atoms with van der Waals surface area (Å²) in [5, 5.41) is 3.84. The molecule has 1 saturated heterocycles. The topological polar surface area (TPSA) is 71.0 Å². The highest BCUT2D eigenvalue weighted by Gasteiger charge is 2.15. The van der Waals surface area contributed by atoms with Crippen LogP contribution in [0.2, 0.25) is 0 Å². The molecule has 0 bridgehead atoms. The molecule has 104 valence electrons. The van der Waals surface area contributed by atoms with Crippen molar-refractivity contribution in [3.63, 3.8) is 0 Å². The van der Waals surface area contributed by atoms with E-state index in [0.29, 0.717) is 5.76 Å². The number of rotatable bonds is 4. The molecule has 1 aliphatic heterocycles. The van der Waals surface area contributed by atoms with Crippen molar-refractivity contribution in [3.8, 4) is 0 Å². The number of hydrazone groups is 1. The second-order valence-electron chi connectivity index (χ2n) is 4.55. The molecule has 0 spiro atoms. The number of nitrogens with one attached hydrogen (secondary N) is 1. The summed E-state index contributed by atoms with van der Waals surface area (Å²) < 4.78 is 10.6. The Kier molecular flexibility index (Phi) is 3.54. The highest BCUT2D eigenvalue weighted by molar-refractivity contribution is 5.92. The van der Waals surface area contributed by atoms with Gasteiger partial charge in [0.15, 0.2) is 11.6 Å². The molecule has 1 amide bonds. The molecule has 6 nitrogen and oxygen atoms in total. The van der Waals surface area contributed by atoms with Gasteiger partial charge in [-0.15, -0.1) is 0 Å². The number of anilines is 1. The van der Waals surface area contributed by atoms with Gasteiger partial charge in [0, 0.05) is 19.2 Å². The van der Waals surface area contributed by atoms with Gasteiger partial charge in [-0.1, -0.05) is 0 Å². The molecule has 6 heteroatoms. The Hall–Kier alpha value is -2.50. The van der Waals surface area contributed by atoms with Crippen molar-refractivity contribution >= 4 is 18.0 Å². The molecule has 0 aromatic carbocycles. The monoisotopic (exact) mass is 273 g/mol. The summed E-state index contributed by atoms with van der Waals surface area (Å²) in [5.74, 6) is 1.28. The number of hydrogen-bond donors (Lipinski definition) is 1. The minimum Gasteiger partial charge on any atom is -0.459 e. The maximum atomic E-state index is 11.6. The van der Waals surface area contributed by atoms with Crippen molar-refractivity contribution in [3.05, 3.63) is 42.0 Å². The molecule has 2 aromatic heterocycles. The average Bonchev–Trinajstić information content (AvgIpc) is 3.20. The first-order valence-electron chi connectivity index (χ1n) is 6.54. The number of carbonyl (C=O) groups is 1. The van der Waals surface area contributed by atoms with Crippen molar-refractivity contribution in [2.45, 2.75) is 12.8 Å². The summed E-state index contributed by atoms with van der Waals surface area (Å²) in [6, 6.07) is 6.97. The Morgan fingerprint density at radius 1 is 1.30 bits per heavy atom. The maximum absolute atomic E-state index is 11.6. The molecule has 2 aromatic rings. The number of hydrogen-bond acceptors (Lipinski definition) is 5. The normalized spacial score (nSPS) is 15.1. The van der Waals surface area contributed by atoms with Gasteiger partial charge in [-0.3, -0.25) is 4.79 Å². The Morgan fingerprint density at radius 2 is 2.15 bits per heavy atom. The zero-order chi connectivity index (χ0) is 13.8. The molecule has 3 heterocycles. The number of amides is 1. The lowest BCUT2D eigenvalue weighted by atomic mass is 10.4. The van der Waals surface area contributed by atoms with Gasteiger partial charge < -0.3 is 13.7 Å². The Labute approximate surface area is 116 Å². The first-order valence-corrected chi connectivity index (χ1v) is 6.54. The van der Waals surface area contributed by atoms with Crippen molar-refractivity contribution in [1.29, 1.82) is 0 Å². The quantitative estimate of drug-likeness (QED) is 0.685. The molecule has 0 saturated carbocycles. The molecule has 20 heavy (non-hydrogen) atoms. The van der Waals surface area contributed by atoms with E-state index in [4.69, 9.17) is 8.83 Å². The van der Waals surface area contributed by atoms with Gasteiger partial charge in [0.2, 0.25) is 0 Å². The summed E-state index contributed by atoms with van der Waals surface area (Å²) >= 11 is 0. The number of carbonyl (C=O) groups excluding carboxylic acids is 1. The van der Waals surface area contributed by atoms with E-state index in [-0.39, 0.29) is 5.76 Å². The summed E-state index contributed by atoms with van der Waals surface area (Å²) in [7, 11) is 0. The van der Waals surface area contributed by atoms with Gasteiger partial charge in [0.25, 0.3) is 0 Å². The molecule has 3 rings (SSSR count). The number of nitrogens with zero attached hydrogens (tertiary/aromatic N) is 2. The molecule has 1 fully saturated rings. The van der Waals surface area contributed by atoms with Gasteiger partial charge in [-0.25, -0.2) is 5.43 Å². The minimum absolute atomic E-state index is 0.222. The van der Waals surface area contributed by atoms with Gasteiger partial charge in [-0.05, 0) is 31.0 Å². The van der Waals surface area contributed by atoms with E-state index in [2.05, 4.69) is 15.4 Å². The zero-order valence-electron chi connectivity index (χ0n) is 10.9. The summed E-state index contributed by atoms with van der Waals surface area (Å²) in [6.45, 7) is 2.05. The summed E-state index contributed by atoms with van der Waals surface area (Å²) in [5.41, 5.74) is 2.38. The third-order valence-electron chi connectivity index (χ3n) is 3.13. The molecular formula is C14H15N3O3. The van der Waals surface area contributed by atoms with Crippen LogP contribution in [0.4, 0.5) is 5.88 Å². The van der Waals surface area contributed by atoms with E-state index in [1.165, 1.54) is 25.3 Å². The van der Waals surface area contributed by atoms with Gasteiger partial charge >= 0.3 is 5.91 Å². The van der Waals surface area contributed by atoms with Gasteiger partial charge in [-0.2, -0.15) is 5.10 Å². The molecule has 0 radical (unpaired) electrons. The third-order valence-corrected chi connectivity index (χ3v) is 3.13. The molecule has 1 aliphatic rings. The first-order chi connectivity index (χ1) is 9.83. The van der Waals surface area contributed by atoms with Crippen LogP contribution in [0.15, 0.2) is 44.5 Å². The van der Waals surface area contributed by atoms with Crippen molar-refractivity contribution in [2.24, 2.45) is 5.10 Å². The number of furan rings is 2. The van der Waals surface area contributed by atoms with Crippen molar-refractivity contribution < 1.29 is 13.6 Å². The fourth-order valence-electron chi connectivity index (χ4n) is 2.14. The second kappa shape index (κ2) is 5.64. The van der Waals surface area contributed by atoms with Crippen LogP contribution in [-0.2, 0) is 0 Å². The highest BCUT2D eigenvalue weighted by atomic mass is 16.4. The zero-order valence-corrected chi connectivity index (χ0v) is 10.9. The van der Waals surface area contributed by atoms with E-state index in [1.807, 2.05) is 12.1 Å². The lowest BCUT2D eigenvalue weighted by Crippen LogP contribution is -2.17. The second-order valence-corrected chi connectivity index (χ2v) is 4.55. The fraction of sp³-hybridized carbons (Fsp3) is 0.286. The van der Waals surface area contributed by atoms with Crippen LogP contribution in [0.25, 0.3) is 0 Å². The van der Waals surface area contributed by atoms with E-state index in [1.54, 1.807) is 12.1 Å². The van der Waals surface area contributed by atoms with Crippen molar-refractivity contribution in [1.82, 2.24) is 5.43 Å². The first kappa shape index (κ1) is 12.5. The maximum Gasteiger partial charge on any atom is 0.307 e. The van der Waals surface area contributed by atoms with Crippen LogP contribution < -0.4 is 10.3 Å². The van der Waals surface area contributed by atoms with Crippen LogP contribution in [0.1, 0.15) is 29.2 Å². The largest absolute Gasteiger partial charge is 0.459 e. The lowest BCUT2D eigenvalue weighted by Gasteiger charge is -2.12. The SMILES string of the molecule is O=C(N/N=C/c1ccc(N2CCCC2)o1)c1ccco1. The molecular weight excluding hydrogens is 258 g/mol. The predicted octanol–water partition coefficient (Wildman–Crippen LogP) is 2.24. The van der Waals surface area contributed by atoms with Crippen LogP contribution >= 0.6 is 0 Å². The molecule has 0 aliphatic carbocycles. The van der Waals surface area contributed by atoms with Gasteiger partial charge in [0.1, 0.15) is 5.76 Å². The fourth-order valence-corrected chi connectivity index (χ4v) is 2.14. The smallest absolute Gasteiger partial charge is 0.307 e. The lowest BCUT2D eigenvalue weighted by molar-refractivity contribution is 0.0927. The Balaban J connectivity index is 1.57. The Bertz CT molecular complexity index is 595. The molecule has 0 atom stereocenters. The summed E-state index contributed by atoms with van der Waals surface area (Å²) in [4.78, 5) is 13.7. The van der Waals surface area contributed by atoms with Crippen LogP contribution in [0.3, 0.4) is 0 Å². The third kappa shape index (κ3) is 2.74. The standard InChI is InChI=1S/C14H15N3O3/c18-14(12-4-3-9-19-12)16-15-10-11-5-6-13(20-11)17-7-1-2-8-17/h3-6,9-10H,1-2,7-8H2,(H,16,18)/b15-10+. The van der Waals surface area contributed by atoms with Crippen LogP contribution in [-0.4, -0.2) is 25.2 Å². The van der Waals surface area contributed by atoms with Crippen molar-refractivity contribution in [2.75, 3.05) is 18.0 Å². The van der Waals surface area contributed by atoms with Crippen LogP contribution in [0.5, 0.6) is 0 Å². The Morgan fingerprint density at radius 3 is 2.90 bits per heavy atom. The van der Waals surface area contributed by atoms with Crippen LogP contribution in [0, 0.1) is 0 Å².